The number of hydrogen-bond donors (Lipinski definition) is 2. The summed E-state index contributed by atoms with van der Waals surface area (Å²) in [6.07, 6.45) is 2.34. The van der Waals surface area contributed by atoms with Gasteiger partial charge in [-0.05, 0) is 25.0 Å². The summed E-state index contributed by atoms with van der Waals surface area (Å²) in [5.41, 5.74) is 1.69. The summed E-state index contributed by atoms with van der Waals surface area (Å²) in [6.45, 7) is 3.94. The van der Waals surface area contributed by atoms with Gasteiger partial charge in [-0.2, -0.15) is 0 Å². The quantitative estimate of drug-likeness (QED) is 0.805. The lowest BCUT2D eigenvalue weighted by Crippen LogP contribution is -2.24. The maximum atomic E-state index is 10.6. The maximum Gasteiger partial charge on any atom is 0.411 e. The van der Waals surface area contributed by atoms with Crippen molar-refractivity contribution in [3.05, 3.63) is 29.8 Å². The lowest BCUT2D eigenvalue weighted by atomic mass is 10.2. The van der Waals surface area contributed by atoms with E-state index in [0.717, 1.165) is 30.5 Å². The van der Waals surface area contributed by atoms with Crippen LogP contribution in [0.2, 0.25) is 0 Å². The molecule has 0 atom stereocenters. The van der Waals surface area contributed by atoms with Gasteiger partial charge in [0.25, 0.3) is 0 Å². The maximum absolute atomic E-state index is 10.6. The van der Waals surface area contributed by atoms with E-state index in [1.165, 1.54) is 11.9 Å². The summed E-state index contributed by atoms with van der Waals surface area (Å²) in [4.78, 5) is 21.7. The molecule has 5 heteroatoms. The highest BCUT2D eigenvalue weighted by atomic mass is 16.4. The molecule has 0 fully saturated rings. The Kier molecular flexibility index (Phi) is 8.83. The molecule has 2 N–H and O–H groups in total. The summed E-state index contributed by atoms with van der Waals surface area (Å²) in [5.74, 6) is -0.682. The minimum absolute atomic E-state index is 0.327. The normalized spacial score (nSPS) is 9.35. The van der Waals surface area contributed by atoms with Gasteiger partial charge in [0.1, 0.15) is 0 Å². The van der Waals surface area contributed by atoms with Crippen LogP contribution in [0.4, 0.5) is 10.5 Å². The van der Waals surface area contributed by atoms with Crippen LogP contribution >= 0.6 is 0 Å². The molecule has 0 aliphatic heterocycles. The van der Waals surface area contributed by atoms with Crippen LogP contribution in [0.5, 0.6) is 0 Å². The van der Waals surface area contributed by atoms with E-state index in [2.05, 4.69) is 6.92 Å². The van der Waals surface area contributed by atoms with Crippen molar-refractivity contribution in [2.75, 3.05) is 11.9 Å². The summed E-state index contributed by atoms with van der Waals surface area (Å²) in [7, 11) is 1.53. The third kappa shape index (κ3) is 7.41. The third-order valence-corrected chi connectivity index (χ3v) is 2.76. The average molecular weight is 281 g/mol. The predicted molar refractivity (Wildman–Crippen MR) is 79.4 cm³/mol. The van der Waals surface area contributed by atoms with Crippen LogP contribution in [0.15, 0.2) is 24.3 Å². The van der Waals surface area contributed by atoms with Crippen LogP contribution in [0.25, 0.3) is 0 Å². The topological polar surface area (TPSA) is 77.8 Å². The van der Waals surface area contributed by atoms with Gasteiger partial charge in [0.15, 0.2) is 0 Å². The summed E-state index contributed by atoms with van der Waals surface area (Å²) in [6, 6.07) is 7.37. The van der Waals surface area contributed by atoms with E-state index in [1.807, 2.05) is 25.1 Å². The number of aryl methyl sites for hydroxylation is 1. The molecule has 112 valence electrons. The molecule has 20 heavy (non-hydrogen) atoms. The van der Waals surface area contributed by atoms with Crippen LogP contribution < -0.4 is 4.90 Å². The molecule has 0 aliphatic carbocycles. The van der Waals surface area contributed by atoms with E-state index in [1.54, 1.807) is 6.07 Å². The Morgan fingerprint density at radius 2 is 1.75 bits per heavy atom. The Balaban J connectivity index is 0.000000396. The van der Waals surface area contributed by atoms with Gasteiger partial charge in [0.2, 0.25) is 0 Å². The molecule has 5 nitrogen and oxygen atoms in total. The Morgan fingerprint density at radius 3 is 2.20 bits per heavy atom. The van der Waals surface area contributed by atoms with Gasteiger partial charge >= 0.3 is 12.1 Å². The number of aliphatic carboxylic acids is 1. The number of carboxylic acid groups (broad SMARTS) is 2. The van der Waals surface area contributed by atoms with Gasteiger partial charge in [-0.15, -0.1) is 0 Å². The van der Waals surface area contributed by atoms with Crippen molar-refractivity contribution >= 4 is 17.7 Å². The van der Waals surface area contributed by atoms with Gasteiger partial charge in [0, 0.05) is 19.2 Å². The van der Waals surface area contributed by atoms with Crippen molar-refractivity contribution in [1.82, 2.24) is 0 Å². The first kappa shape index (κ1) is 18.0. The van der Waals surface area contributed by atoms with Crippen LogP contribution in [0, 0.1) is 6.92 Å². The van der Waals surface area contributed by atoms with E-state index in [9.17, 15) is 9.59 Å². The fourth-order valence-corrected chi connectivity index (χ4v) is 1.57. The third-order valence-electron chi connectivity index (χ3n) is 2.76. The lowest BCUT2D eigenvalue weighted by molar-refractivity contribution is -0.137. The molecule has 1 aromatic carbocycles. The van der Waals surface area contributed by atoms with Gasteiger partial charge in [-0.1, -0.05) is 38.0 Å². The fraction of sp³-hybridized carbons (Fsp3) is 0.467. The minimum atomic E-state index is -0.940. The molecular formula is C15H23NO4. The highest BCUT2D eigenvalue weighted by molar-refractivity contribution is 5.86. The Hall–Kier alpha value is -2.04. The first-order chi connectivity index (χ1) is 9.40. The molecule has 1 amide bonds. The molecule has 1 rings (SSSR count). The number of carbonyl (C=O) groups is 2. The second-order valence-corrected chi connectivity index (χ2v) is 4.48. The van der Waals surface area contributed by atoms with E-state index < -0.39 is 12.1 Å². The molecular weight excluding hydrogens is 258 g/mol. The van der Waals surface area contributed by atoms with E-state index in [0.29, 0.717) is 6.42 Å². The second-order valence-electron chi connectivity index (χ2n) is 4.48. The molecule has 0 spiro atoms. The Morgan fingerprint density at radius 1 is 1.15 bits per heavy atom. The first-order valence-electron chi connectivity index (χ1n) is 6.64. The van der Waals surface area contributed by atoms with Gasteiger partial charge in [-0.25, -0.2) is 4.79 Å². The lowest BCUT2D eigenvalue weighted by Gasteiger charge is -2.14. The molecule has 0 heterocycles. The number of carboxylic acids is 1. The van der Waals surface area contributed by atoms with Gasteiger partial charge < -0.3 is 10.2 Å². The van der Waals surface area contributed by atoms with Crippen molar-refractivity contribution in [3.63, 3.8) is 0 Å². The van der Waals surface area contributed by atoms with Crippen molar-refractivity contribution in [3.8, 4) is 0 Å². The molecule has 0 aliphatic rings. The zero-order chi connectivity index (χ0) is 15.5. The molecule has 0 saturated heterocycles. The van der Waals surface area contributed by atoms with E-state index in [-0.39, 0.29) is 0 Å². The average Bonchev–Trinajstić information content (AvgIpc) is 2.39. The van der Waals surface area contributed by atoms with Crippen molar-refractivity contribution in [1.29, 1.82) is 0 Å². The number of anilines is 1. The number of benzene rings is 1. The van der Waals surface area contributed by atoms with Crippen molar-refractivity contribution in [2.45, 2.75) is 39.5 Å². The molecule has 1 aromatic rings. The Bertz CT molecular complexity index is 432. The van der Waals surface area contributed by atoms with Crippen LogP contribution in [0.1, 0.15) is 38.2 Å². The van der Waals surface area contributed by atoms with Crippen LogP contribution in [0.3, 0.4) is 0 Å². The van der Waals surface area contributed by atoms with Crippen LogP contribution in [-0.2, 0) is 4.79 Å². The monoisotopic (exact) mass is 281 g/mol. The smallest absolute Gasteiger partial charge is 0.411 e. The zero-order valence-electron chi connectivity index (χ0n) is 12.3. The van der Waals surface area contributed by atoms with E-state index in [4.69, 9.17) is 10.2 Å². The zero-order valence-corrected chi connectivity index (χ0v) is 12.3. The highest BCUT2D eigenvalue weighted by Crippen LogP contribution is 2.17. The number of para-hydroxylation sites is 1. The number of amides is 1. The van der Waals surface area contributed by atoms with Crippen LogP contribution in [-0.4, -0.2) is 29.3 Å². The molecule has 0 aromatic heterocycles. The molecule has 0 radical (unpaired) electrons. The van der Waals surface area contributed by atoms with Crippen molar-refractivity contribution < 1.29 is 19.8 Å². The highest BCUT2D eigenvalue weighted by Gasteiger charge is 2.09. The number of hydrogen-bond acceptors (Lipinski definition) is 2. The van der Waals surface area contributed by atoms with Crippen molar-refractivity contribution in [2.24, 2.45) is 0 Å². The summed E-state index contributed by atoms with van der Waals surface area (Å²) in [5, 5.41) is 16.8. The largest absolute Gasteiger partial charge is 0.481 e. The molecule has 0 unspecified atom stereocenters. The fourth-order valence-electron chi connectivity index (χ4n) is 1.57. The Labute approximate surface area is 119 Å². The van der Waals surface area contributed by atoms with E-state index >= 15 is 0 Å². The number of nitrogens with zero attached hydrogens (tertiary/aromatic N) is 1. The number of rotatable bonds is 5. The summed E-state index contributed by atoms with van der Waals surface area (Å²) >= 11 is 0. The second kappa shape index (κ2) is 9.83. The van der Waals surface area contributed by atoms with Gasteiger partial charge in [0.05, 0.1) is 0 Å². The predicted octanol–water partition coefficient (Wildman–Crippen LogP) is 3.76. The number of unbranched alkanes of at least 4 members (excludes halogenated alkanes) is 2. The SMILES string of the molecule is CCCCCC(=O)O.Cc1ccccc1N(C)C(=O)O. The molecule has 0 saturated carbocycles. The molecule has 0 bridgehead atoms. The first-order valence-corrected chi connectivity index (χ1v) is 6.64. The summed E-state index contributed by atoms with van der Waals surface area (Å²) < 4.78 is 0. The van der Waals surface area contributed by atoms with Gasteiger partial charge in [-0.3, -0.25) is 9.69 Å². The standard InChI is InChI=1S/C9H11NO2.C6H12O2/c1-7-5-3-4-6-8(7)10(2)9(11)12;1-2-3-4-5-6(7)8/h3-6H,1-2H3,(H,11,12);2-5H2,1H3,(H,7,8). The minimum Gasteiger partial charge on any atom is -0.481 e.